The van der Waals surface area contributed by atoms with E-state index in [0.717, 1.165) is 21.8 Å². The molecule has 0 aliphatic carbocycles. The molecule has 0 saturated heterocycles. The van der Waals surface area contributed by atoms with E-state index in [1.165, 1.54) is 12.7 Å². The van der Waals surface area contributed by atoms with Crippen molar-refractivity contribution in [3.05, 3.63) is 71.3 Å². The molecule has 1 unspecified atom stereocenters. The monoisotopic (exact) mass is 326 g/mol. The number of thioether (sulfide) groups is 1. The van der Waals surface area contributed by atoms with Gasteiger partial charge in [0.05, 0.1) is 19.8 Å². The third kappa shape index (κ3) is 3.27. The van der Waals surface area contributed by atoms with Crippen molar-refractivity contribution in [2.24, 2.45) is 0 Å². The van der Waals surface area contributed by atoms with Gasteiger partial charge in [-0.2, -0.15) is 0 Å². The molecule has 3 rings (SSSR count). The number of hydrogen-bond donors (Lipinski definition) is 0. The lowest BCUT2D eigenvalue weighted by atomic mass is 10.0. The smallest absolute Gasteiger partial charge is 0.334 e. The number of esters is 1. The van der Waals surface area contributed by atoms with Crippen LogP contribution in [-0.4, -0.2) is 20.2 Å². The van der Waals surface area contributed by atoms with Crippen LogP contribution in [0.25, 0.3) is 4.91 Å². The van der Waals surface area contributed by atoms with Crippen LogP contribution in [0.4, 0.5) is 0 Å². The van der Waals surface area contributed by atoms with E-state index in [1.807, 2.05) is 42.5 Å². The molecule has 23 heavy (non-hydrogen) atoms. The van der Waals surface area contributed by atoms with Gasteiger partial charge in [-0.15, -0.1) is 11.8 Å². The van der Waals surface area contributed by atoms with E-state index in [1.54, 1.807) is 18.9 Å². The van der Waals surface area contributed by atoms with E-state index in [4.69, 9.17) is 9.47 Å². The van der Waals surface area contributed by atoms with E-state index in [2.05, 4.69) is 12.1 Å². The number of benzene rings is 2. The number of hydrogen-bond acceptors (Lipinski definition) is 4. The first-order valence-electron chi connectivity index (χ1n) is 7.40. The molecule has 2 aromatic rings. The molecule has 0 amide bonds. The Morgan fingerprint density at radius 3 is 2.35 bits per heavy atom. The standard InChI is InChI=1S/C19H18O3S/c1-21-15-10-8-13(9-11-15)17-12-16(19(20)22-2)18(23-17)14-6-4-3-5-7-14/h3-11,17H,12H2,1-2H3. The summed E-state index contributed by atoms with van der Waals surface area (Å²) in [6.07, 6.45) is 0.675. The molecule has 1 heterocycles. The van der Waals surface area contributed by atoms with Gasteiger partial charge < -0.3 is 9.47 Å². The second-order valence-electron chi connectivity index (χ2n) is 5.25. The van der Waals surface area contributed by atoms with Crippen molar-refractivity contribution in [1.29, 1.82) is 0 Å². The zero-order valence-electron chi connectivity index (χ0n) is 13.1. The average Bonchev–Trinajstić information content (AvgIpc) is 3.07. The molecule has 4 heteroatoms. The minimum absolute atomic E-state index is 0.213. The summed E-state index contributed by atoms with van der Waals surface area (Å²) in [6, 6.07) is 18.0. The van der Waals surface area contributed by atoms with Crippen LogP contribution in [0, 0.1) is 0 Å². The number of carbonyl (C=O) groups excluding carboxylic acids is 1. The highest BCUT2D eigenvalue weighted by Crippen LogP contribution is 2.52. The summed E-state index contributed by atoms with van der Waals surface area (Å²) < 4.78 is 10.2. The maximum atomic E-state index is 12.2. The van der Waals surface area contributed by atoms with Crippen molar-refractivity contribution >= 4 is 22.6 Å². The number of rotatable bonds is 4. The van der Waals surface area contributed by atoms with E-state index in [-0.39, 0.29) is 11.2 Å². The van der Waals surface area contributed by atoms with Crippen LogP contribution in [-0.2, 0) is 9.53 Å². The second kappa shape index (κ2) is 6.92. The lowest BCUT2D eigenvalue weighted by molar-refractivity contribution is -0.136. The Morgan fingerprint density at radius 2 is 1.74 bits per heavy atom. The van der Waals surface area contributed by atoms with Crippen LogP contribution in [0.1, 0.15) is 22.8 Å². The largest absolute Gasteiger partial charge is 0.497 e. The Bertz CT molecular complexity index is 720. The molecule has 0 aromatic heterocycles. The molecule has 0 radical (unpaired) electrons. The van der Waals surface area contributed by atoms with Gasteiger partial charge in [-0.3, -0.25) is 0 Å². The van der Waals surface area contributed by atoms with Gasteiger partial charge in [-0.1, -0.05) is 42.5 Å². The summed E-state index contributed by atoms with van der Waals surface area (Å²) >= 11 is 1.72. The molecule has 0 fully saturated rings. The predicted octanol–water partition coefficient (Wildman–Crippen LogP) is 4.46. The summed E-state index contributed by atoms with van der Waals surface area (Å²) in [5, 5.41) is 0.213. The fraction of sp³-hybridized carbons (Fsp3) is 0.211. The Hall–Kier alpha value is -2.20. The number of ether oxygens (including phenoxy) is 2. The van der Waals surface area contributed by atoms with Crippen molar-refractivity contribution in [1.82, 2.24) is 0 Å². The maximum Gasteiger partial charge on any atom is 0.334 e. The number of methoxy groups -OCH3 is 2. The van der Waals surface area contributed by atoms with Gasteiger partial charge >= 0.3 is 5.97 Å². The quantitative estimate of drug-likeness (QED) is 0.777. The average molecular weight is 326 g/mol. The van der Waals surface area contributed by atoms with Gasteiger partial charge in [0.15, 0.2) is 0 Å². The first-order chi connectivity index (χ1) is 11.2. The summed E-state index contributed by atoms with van der Waals surface area (Å²) in [4.78, 5) is 13.2. The van der Waals surface area contributed by atoms with Crippen LogP contribution in [0.15, 0.2) is 60.2 Å². The first-order valence-corrected chi connectivity index (χ1v) is 8.28. The van der Waals surface area contributed by atoms with Crippen LogP contribution in [0.2, 0.25) is 0 Å². The van der Waals surface area contributed by atoms with Crippen LogP contribution >= 0.6 is 11.8 Å². The molecule has 0 N–H and O–H groups in total. The van der Waals surface area contributed by atoms with E-state index >= 15 is 0 Å². The summed E-state index contributed by atoms with van der Waals surface area (Å²) in [7, 11) is 3.09. The van der Waals surface area contributed by atoms with E-state index in [0.29, 0.717) is 6.42 Å². The highest BCUT2D eigenvalue weighted by atomic mass is 32.2. The normalized spacial score (nSPS) is 17.2. The zero-order chi connectivity index (χ0) is 16.2. The van der Waals surface area contributed by atoms with Gasteiger partial charge in [-0.25, -0.2) is 4.79 Å². The Morgan fingerprint density at radius 1 is 1.04 bits per heavy atom. The molecule has 2 aromatic carbocycles. The predicted molar refractivity (Wildman–Crippen MR) is 93.3 cm³/mol. The van der Waals surface area contributed by atoms with Gasteiger partial charge in [0.1, 0.15) is 5.75 Å². The topological polar surface area (TPSA) is 35.5 Å². The van der Waals surface area contributed by atoms with E-state index < -0.39 is 0 Å². The lowest BCUT2D eigenvalue weighted by Crippen LogP contribution is -2.05. The van der Waals surface area contributed by atoms with Crippen molar-refractivity contribution in [3.8, 4) is 5.75 Å². The second-order valence-corrected chi connectivity index (χ2v) is 6.46. The molecule has 118 valence electrons. The summed E-state index contributed by atoms with van der Waals surface area (Å²) in [5.41, 5.74) is 3.00. The summed E-state index contributed by atoms with van der Waals surface area (Å²) in [6.45, 7) is 0. The molecule has 0 saturated carbocycles. The molecule has 3 nitrogen and oxygen atoms in total. The van der Waals surface area contributed by atoms with Crippen LogP contribution < -0.4 is 4.74 Å². The van der Waals surface area contributed by atoms with Crippen LogP contribution in [0.5, 0.6) is 5.75 Å². The van der Waals surface area contributed by atoms with Crippen molar-refractivity contribution in [2.75, 3.05) is 14.2 Å². The van der Waals surface area contributed by atoms with Crippen molar-refractivity contribution < 1.29 is 14.3 Å². The molecular weight excluding hydrogens is 308 g/mol. The minimum Gasteiger partial charge on any atom is -0.497 e. The molecular formula is C19H18O3S. The minimum atomic E-state index is -0.243. The fourth-order valence-corrected chi connectivity index (χ4v) is 4.08. The van der Waals surface area contributed by atoms with Gasteiger partial charge in [0.2, 0.25) is 0 Å². The Labute approximate surface area is 140 Å². The molecule has 1 aliphatic heterocycles. The number of carbonyl (C=O) groups is 1. The highest BCUT2D eigenvalue weighted by Gasteiger charge is 2.31. The van der Waals surface area contributed by atoms with Gasteiger partial charge in [0.25, 0.3) is 0 Å². The zero-order valence-corrected chi connectivity index (χ0v) is 13.9. The third-order valence-corrected chi connectivity index (χ3v) is 5.32. The van der Waals surface area contributed by atoms with Crippen LogP contribution in [0.3, 0.4) is 0 Å². The van der Waals surface area contributed by atoms with Crippen molar-refractivity contribution in [2.45, 2.75) is 11.7 Å². The molecule has 0 bridgehead atoms. The van der Waals surface area contributed by atoms with Gasteiger partial charge in [0, 0.05) is 10.2 Å². The first kappa shape index (κ1) is 15.7. The molecule has 0 spiro atoms. The SMILES string of the molecule is COC(=O)C1=C(c2ccccc2)SC(c2ccc(OC)cc2)C1. The molecule has 1 atom stereocenters. The Balaban J connectivity index is 1.91. The third-order valence-electron chi connectivity index (χ3n) is 3.88. The fourth-order valence-electron chi connectivity index (χ4n) is 2.67. The summed E-state index contributed by atoms with van der Waals surface area (Å²) in [5.74, 6) is 0.591. The lowest BCUT2D eigenvalue weighted by Gasteiger charge is -2.11. The van der Waals surface area contributed by atoms with Gasteiger partial charge in [-0.05, 0) is 29.7 Å². The van der Waals surface area contributed by atoms with Crippen molar-refractivity contribution in [3.63, 3.8) is 0 Å². The highest BCUT2D eigenvalue weighted by molar-refractivity contribution is 8.08. The Kier molecular flexibility index (Phi) is 4.72. The molecule has 1 aliphatic rings. The maximum absolute atomic E-state index is 12.2. The van der Waals surface area contributed by atoms with E-state index in [9.17, 15) is 4.79 Å².